The fourth-order valence-electron chi connectivity index (χ4n) is 1.98. The first-order chi connectivity index (χ1) is 13.6. The van der Waals surface area contributed by atoms with Crippen molar-refractivity contribution in [2.75, 3.05) is 0 Å². The van der Waals surface area contributed by atoms with Gasteiger partial charge in [-0.3, -0.25) is 10.1 Å². The predicted octanol–water partition coefficient (Wildman–Crippen LogP) is 3.11. The third-order valence-corrected chi connectivity index (χ3v) is 4.36. The number of ether oxygens (including phenoxy) is 2. The minimum atomic E-state index is -4.31. The standard InChI is InChI=1S/C15H11F4N3O6S/c16-14(17)27-11-5-4-9(13(7-11)28-15(18)19)8-20-21-29(25,26)12-3-1-2-10(6-12)22(23)24/h1-8,14-15,21H/b20-8-. The van der Waals surface area contributed by atoms with Crippen LogP contribution in [0.4, 0.5) is 23.2 Å². The molecule has 0 heterocycles. The summed E-state index contributed by atoms with van der Waals surface area (Å²) in [6.45, 7) is -6.50. The molecule has 156 valence electrons. The van der Waals surface area contributed by atoms with Gasteiger partial charge in [0.25, 0.3) is 15.7 Å². The van der Waals surface area contributed by atoms with E-state index in [-0.39, 0.29) is 5.56 Å². The Morgan fingerprint density at radius 3 is 2.38 bits per heavy atom. The first-order valence-electron chi connectivity index (χ1n) is 7.41. The number of nitro groups is 1. The van der Waals surface area contributed by atoms with Crippen LogP contribution >= 0.6 is 0 Å². The molecule has 0 atom stereocenters. The molecule has 0 aliphatic carbocycles. The maximum atomic E-state index is 12.5. The molecule has 0 aliphatic heterocycles. The van der Waals surface area contributed by atoms with Crippen LogP contribution < -0.4 is 14.3 Å². The van der Waals surface area contributed by atoms with Gasteiger partial charge >= 0.3 is 13.2 Å². The van der Waals surface area contributed by atoms with Crippen molar-refractivity contribution in [1.82, 2.24) is 4.83 Å². The van der Waals surface area contributed by atoms with Crippen molar-refractivity contribution in [1.29, 1.82) is 0 Å². The van der Waals surface area contributed by atoms with Crippen molar-refractivity contribution < 1.29 is 40.4 Å². The number of hydrazone groups is 1. The summed E-state index contributed by atoms with van der Waals surface area (Å²) >= 11 is 0. The van der Waals surface area contributed by atoms with Crippen LogP contribution in [0.25, 0.3) is 0 Å². The monoisotopic (exact) mass is 437 g/mol. The molecule has 2 rings (SSSR count). The van der Waals surface area contributed by atoms with Crippen molar-refractivity contribution >= 4 is 21.9 Å². The lowest BCUT2D eigenvalue weighted by Gasteiger charge is -2.11. The van der Waals surface area contributed by atoms with Crippen molar-refractivity contribution in [2.24, 2.45) is 5.10 Å². The van der Waals surface area contributed by atoms with E-state index in [1.165, 1.54) is 0 Å². The number of non-ortho nitro benzene ring substituents is 1. The second kappa shape index (κ2) is 9.18. The Morgan fingerprint density at radius 2 is 1.76 bits per heavy atom. The van der Waals surface area contributed by atoms with Crippen LogP contribution in [0.3, 0.4) is 0 Å². The molecular weight excluding hydrogens is 426 g/mol. The fraction of sp³-hybridized carbons (Fsp3) is 0.133. The lowest BCUT2D eigenvalue weighted by molar-refractivity contribution is -0.385. The summed E-state index contributed by atoms with van der Waals surface area (Å²) in [4.78, 5) is 11.2. The number of sulfonamides is 1. The molecule has 9 nitrogen and oxygen atoms in total. The highest BCUT2D eigenvalue weighted by atomic mass is 32.2. The summed E-state index contributed by atoms with van der Waals surface area (Å²) in [6, 6.07) is 6.87. The zero-order chi connectivity index (χ0) is 21.6. The fourth-order valence-corrected chi connectivity index (χ4v) is 2.81. The average molecular weight is 437 g/mol. The third kappa shape index (κ3) is 6.31. The number of nitro benzene ring substituents is 1. The number of nitrogens with one attached hydrogen (secondary N) is 1. The molecule has 2 aromatic rings. The van der Waals surface area contributed by atoms with Gasteiger partial charge < -0.3 is 9.47 Å². The lowest BCUT2D eigenvalue weighted by atomic mass is 10.2. The lowest BCUT2D eigenvalue weighted by Crippen LogP contribution is -2.18. The number of hydrogen-bond donors (Lipinski definition) is 1. The maximum Gasteiger partial charge on any atom is 0.387 e. The molecule has 0 amide bonds. The maximum absolute atomic E-state index is 12.5. The Hall–Kier alpha value is -3.42. The van der Waals surface area contributed by atoms with Crippen LogP contribution in [0, 0.1) is 10.1 Å². The van der Waals surface area contributed by atoms with Gasteiger partial charge in [-0.2, -0.15) is 31.1 Å². The number of benzene rings is 2. The molecule has 2 aromatic carbocycles. The SMILES string of the molecule is O=[N+]([O-])c1cccc(S(=O)(=O)N/N=C\c2ccc(OC(F)F)cc2OC(F)F)c1. The van der Waals surface area contributed by atoms with Crippen molar-refractivity contribution in [3.63, 3.8) is 0 Å². The van der Waals surface area contributed by atoms with Gasteiger partial charge in [0, 0.05) is 23.8 Å². The summed E-state index contributed by atoms with van der Waals surface area (Å²) in [7, 11) is -4.31. The number of rotatable bonds is 9. The van der Waals surface area contributed by atoms with Gasteiger partial charge in [-0.25, -0.2) is 4.83 Å². The Bertz CT molecular complexity index is 1020. The van der Waals surface area contributed by atoms with E-state index < -0.39 is 50.3 Å². The van der Waals surface area contributed by atoms with Crippen molar-refractivity contribution in [2.45, 2.75) is 18.1 Å². The number of nitrogens with zero attached hydrogens (tertiary/aromatic N) is 2. The van der Waals surface area contributed by atoms with Crippen LogP contribution in [-0.2, 0) is 10.0 Å². The Morgan fingerprint density at radius 1 is 1.07 bits per heavy atom. The average Bonchev–Trinajstić information content (AvgIpc) is 2.62. The normalized spacial score (nSPS) is 11.8. The van der Waals surface area contributed by atoms with Crippen molar-refractivity contribution in [3.8, 4) is 11.5 Å². The minimum Gasteiger partial charge on any atom is -0.435 e. The van der Waals surface area contributed by atoms with Gasteiger partial charge in [-0.1, -0.05) is 6.07 Å². The van der Waals surface area contributed by atoms with E-state index in [1.54, 1.807) is 4.83 Å². The Balaban J connectivity index is 2.24. The van der Waals surface area contributed by atoms with Gasteiger partial charge in [0.05, 0.1) is 16.0 Å². The molecule has 0 aromatic heterocycles. The van der Waals surface area contributed by atoms with Gasteiger partial charge in [-0.05, 0) is 18.2 Å². The van der Waals surface area contributed by atoms with Crippen LogP contribution in [0.2, 0.25) is 0 Å². The molecule has 0 unspecified atom stereocenters. The molecule has 0 saturated heterocycles. The molecule has 0 aliphatic rings. The molecule has 1 N–H and O–H groups in total. The van der Waals surface area contributed by atoms with Gasteiger partial charge in [-0.15, -0.1) is 0 Å². The summed E-state index contributed by atoms with van der Waals surface area (Å²) in [5.41, 5.74) is -0.659. The molecule has 29 heavy (non-hydrogen) atoms. The second-order valence-electron chi connectivity index (χ2n) is 5.06. The molecule has 0 saturated carbocycles. The van der Waals surface area contributed by atoms with Gasteiger partial charge in [0.2, 0.25) is 0 Å². The topological polar surface area (TPSA) is 120 Å². The van der Waals surface area contributed by atoms with E-state index in [9.17, 15) is 36.1 Å². The number of halogens is 4. The van der Waals surface area contributed by atoms with E-state index in [0.29, 0.717) is 0 Å². The molecule has 0 fully saturated rings. The summed E-state index contributed by atoms with van der Waals surface area (Å²) in [6.07, 6.45) is 0.777. The summed E-state index contributed by atoms with van der Waals surface area (Å²) < 4.78 is 82.0. The quantitative estimate of drug-likeness (QED) is 0.279. The highest BCUT2D eigenvalue weighted by Gasteiger charge is 2.17. The van der Waals surface area contributed by atoms with Gasteiger partial charge in [0.1, 0.15) is 11.5 Å². The zero-order valence-electron chi connectivity index (χ0n) is 14.0. The summed E-state index contributed by atoms with van der Waals surface area (Å²) in [5.74, 6) is -1.07. The summed E-state index contributed by atoms with van der Waals surface area (Å²) in [5, 5.41) is 14.1. The minimum absolute atomic E-state index is 0.186. The van der Waals surface area contributed by atoms with Crippen LogP contribution in [-0.4, -0.2) is 32.8 Å². The van der Waals surface area contributed by atoms with Crippen LogP contribution in [0.1, 0.15) is 5.56 Å². The molecule has 0 radical (unpaired) electrons. The van der Waals surface area contributed by atoms with E-state index in [0.717, 1.165) is 48.7 Å². The molecule has 0 spiro atoms. The van der Waals surface area contributed by atoms with Crippen LogP contribution in [0.5, 0.6) is 11.5 Å². The third-order valence-electron chi connectivity index (χ3n) is 3.14. The smallest absolute Gasteiger partial charge is 0.387 e. The molecule has 0 bridgehead atoms. The highest BCUT2D eigenvalue weighted by molar-refractivity contribution is 7.89. The van der Waals surface area contributed by atoms with Crippen LogP contribution in [0.15, 0.2) is 52.5 Å². The first-order valence-corrected chi connectivity index (χ1v) is 8.90. The zero-order valence-corrected chi connectivity index (χ0v) is 14.9. The van der Waals surface area contributed by atoms with Gasteiger partial charge in [0.15, 0.2) is 0 Å². The van der Waals surface area contributed by atoms with E-state index in [1.807, 2.05) is 0 Å². The van der Waals surface area contributed by atoms with E-state index >= 15 is 0 Å². The highest BCUT2D eigenvalue weighted by Crippen LogP contribution is 2.26. The van der Waals surface area contributed by atoms with E-state index in [4.69, 9.17) is 0 Å². The number of alkyl halides is 4. The second-order valence-corrected chi connectivity index (χ2v) is 6.72. The van der Waals surface area contributed by atoms with E-state index in [2.05, 4.69) is 14.6 Å². The first kappa shape index (κ1) is 21.9. The van der Waals surface area contributed by atoms with Crippen molar-refractivity contribution in [3.05, 3.63) is 58.1 Å². The predicted molar refractivity (Wildman–Crippen MR) is 90.7 cm³/mol. The largest absolute Gasteiger partial charge is 0.435 e. The Labute approximate surface area is 160 Å². The molecular formula is C15H11F4N3O6S. The molecule has 14 heteroatoms. The Kier molecular flexibility index (Phi) is 6.93. The number of hydrogen-bond acceptors (Lipinski definition) is 7.